The van der Waals surface area contributed by atoms with Crippen LogP contribution in [-0.4, -0.2) is 17.0 Å². The van der Waals surface area contributed by atoms with Crippen LogP contribution in [0.25, 0.3) is 0 Å². The van der Waals surface area contributed by atoms with Crippen molar-refractivity contribution in [3.63, 3.8) is 0 Å². The summed E-state index contributed by atoms with van der Waals surface area (Å²) in [4.78, 5) is 22.0. The molecule has 0 aliphatic heterocycles. The average Bonchev–Trinajstić information content (AvgIpc) is 2.26. The van der Waals surface area contributed by atoms with Gasteiger partial charge in [-0.25, -0.2) is 4.79 Å². The largest absolute Gasteiger partial charge is 0.478 e. The van der Waals surface area contributed by atoms with Crippen LogP contribution in [0.2, 0.25) is 0 Å². The highest BCUT2D eigenvalue weighted by Gasteiger charge is 2.07. The van der Waals surface area contributed by atoms with Gasteiger partial charge in [-0.15, -0.1) is 0 Å². The van der Waals surface area contributed by atoms with E-state index in [-0.39, 0.29) is 0 Å². The van der Waals surface area contributed by atoms with Crippen molar-refractivity contribution in [2.24, 2.45) is 5.73 Å². The second-order valence-corrected chi connectivity index (χ2v) is 3.91. The van der Waals surface area contributed by atoms with E-state index in [4.69, 9.17) is 10.8 Å². The molecule has 0 bridgehead atoms. The second kappa shape index (κ2) is 8.56. The van der Waals surface area contributed by atoms with Gasteiger partial charge < -0.3 is 10.8 Å². The van der Waals surface area contributed by atoms with Crippen molar-refractivity contribution in [1.29, 1.82) is 0 Å². The van der Waals surface area contributed by atoms with Crippen molar-refractivity contribution in [2.45, 2.75) is 46.0 Å². The van der Waals surface area contributed by atoms with Crippen molar-refractivity contribution < 1.29 is 14.7 Å². The summed E-state index contributed by atoms with van der Waals surface area (Å²) >= 11 is 0. The zero-order valence-corrected chi connectivity index (χ0v) is 10.5. The predicted octanol–water partition coefficient (Wildman–Crippen LogP) is 2.40. The topological polar surface area (TPSA) is 80.4 Å². The van der Waals surface area contributed by atoms with Crippen LogP contribution in [0.5, 0.6) is 0 Å². The van der Waals surface area contributed by atoms with Crippen LogP contribution in [0.3, 0.4) is 0 Å². The van der Waals surface area contributed by atoms with Gasteiger partial charge in [-0.1, -0.05) is 38.8 Å². The Balaban J connectivity index is 4.83. The molecular weight excluding hydrogens is 218 g/mol. The molecule has 0 rings (SSSR count). The molecule has 0 saturated carbocycles. The molecule has 0 fully saturated rings. The van der Waals surface area contributed by atoms with Gasteiger partial charge in [-0.05, 0) is 19.3 Å². The summed E-state index contributed by atoms with van der Waals surface area (Å²) < 4.78 is 0. The SMILES string of the molecule is CCCCC(=CC=C(CCC)C(N)=O)C(=O)O. The second-order valence-electron chi connectivity index (χ2n) is 3.91. The summed E-state index contributed by atoms with van der Waals surface area (Å²) in [5, 5.41) is 8.97. The molecule has 0 spiro atoms. The first-order valence-electron chi connectivity index (χ1n) is 5.95. The average molecular weight is 239 g/mol. The minimum atomic E-state index is -0.935. The fourth-order valence-corrected chi connectivity index (χ4v) is 1.39. The molecule has 0 aromatic carbocycles. The Morgan fingerprint density at radius 3 is 2.06 bits per heavy atom. The lowest BCUT2D eigenvalue weighted by atomic mass is 10.1. The van der Waals surface area contributed by atoms with Crippen LogP contribution < -0.4 is 5.73 Å². The number of hydrogen-bond acceptors (Lipinski definition) is 2. The summed E-state index contributed by atoms with van der Waals surface area (Å²) in [5.74, 6) is -1.42. The van der Waals surface area contributed by atoms with Crippen molar-refractivity contribution in [2.75, 3.05) is 0 Å². The normalized spacial score (nSPS) is 12.6. The molecule has 0 unspecified atom stereocenters. The maximum Gasteiger partial charge on any atom is 0.331 e. The van der Waals surface area contributed by atoms with E-state index in [2.05, 4.69) is 0 Å². The Morgan fingerprint density at radius 1 is 1.06 bits per heavy atom. The first kappa shape index (κ1) is 15.4. The number of rotatable bonds is 8. The molecule has 0 aliphatic rings. The molecular formula is C13H21NO3. The van der Waals surface area contributed by atoms with Gasteiger partial charge in [0.05, 0.1) is 0 Å². The summed E-state index contributed by atoms with van der Waals surface area (Å²) in [6, 6.07) is 0. The van der Waals surface area contributed by atoms with Crippen LogP contribution in [0, 0.1) is 0 Å². The van der Waals surface area contributed by atoms with Gasteiger partial charge >= 0.3 is 5.97 Å². The Bertz CT molecular complexity index is 330. The van der Waals surface area contributed by atoms with Gasteiger partial charge in [0, 0.05) is 11.1 Å². The van der Waals surface area contributed by atoms with Crippen LogP contribution in [0.4, 0.5) is 0 Å². The first-order chi connectivity index (χ1) is 8.02. The lowest BCUT2D eigenvalue weighted by Crippen LogP contribution is -2.13. The van der Waals surface area contributed by atoms with E-state index in [1.54, 1.807) is 0 Å². The fraction of sp³-hybridized carbons (Fsp3) is 0.538. The Morgan fingerprint density at radius 2 is 1.65 bits per heavy atom. The standard InChI is InChI=1S/C13H21NO3/c1-3-5-7-11(13(16)17)9-8-10(6-4-2)12(14)15/h8-9H,3-7H2,1-2H3,(H2,14,15)(H,16,17). The highest BCUT2D eigenvalue weighted by atomic mass is 16.4. The smallest absolute Gasteiger partial charge is 0.331 e. The molecule has 96 valence electrons. The molecule has 17 heavy (non-hydrogen) atoms. The maximum atomic E-state index is 11.1. The number of carbonyl (C=O) groups excluding carboxylic acids is 1. The summed E-state index contributed by atoms with van der Waals surface area (Å²) in [6.45, 7) is 3.94. The molecule has 3 N–H and O–H groups in total. The molecule has 4 nitrogen and oxygen atoms in total. The lowest BCUT2D eigenvalue weighted by Gasteiger charge is -2.01. The van der Waals surface area contributed by atoms with Gasteiger partial charge in [0.1, 0.15) is 0 Å². The highest BCUT2D eigenvalue weighted by Crippen LogP contribution is 2.10. The number of nitrogens with two attached hydrogens (primary N) is 1. The number of allylic oxidation sites excluding steroid dienone is 2. The number of unbranched alkanes of at least 4 members (excludes halogenated alkanes) is 1. The predicted molar refractivity (Wildman–Crippen MR) is 67.4 cm³/mol. The lowest BCUT2D eigenvalue weighted by molar-refractivity contribution is -0.132. The van der Waals surface area contributed by atoms with Crippen molar-refractivity contribution >= 4 is 11.9 Å². The summed E-state index contributed by atoms with van der Waals surface area (Å²) in [5.41, 5.74) is 6.00. The van der Waals surface area contributed by atoms with E-state index in [0.29, 0.717) is 24.0 Å². The molecule has 0 aromatic heterocycles. The molecule has 0 aromatic rings. The van der Waals surface area contributed by atoms with Gasteiger partial charge in [0.15, 0.2) is 0 Å². The van der Waals surface area contributed by atoms with E-state index in [1.165, 1.54) is 12.2 Å². The van der Waals surface area contributed by atoms with Crippen molar-refractivity contribution in [3.05, 3.63) is 23.3 Å². The quantitative estimate of drug-likeness (QED) is 0.504. The number of carbonyl (C=O) groups is 2. The molecule has 4 heteroatoms. The minimum Gasteiger partial charge on any atom is -0.478 e. The van der Waals surface area contributed by atoms with E-state index < -0.39 is 11.9 Å². The third kappa shape index (κ3) is 6.56. The number of amides is 1. The van der Waals surface area contributed by atoms with E-state index in [0.717, 1.165) is 19.3 Å². The number of hydrogen-bond donors (Lipinski definition) is 2. The third-order valence-electron chi connectivity index (χ3n) is 2.40. The fourth-order valence-electron chi connectivity index (χ4n) is 1.39. The molecule has 0 atom stereocenters. The zero-order valence-electron chi connectivity index (χ0n) is 10.5. The van der Waals surface area contributed by atoms with Crippen LogP contribution in [-0.2, 0) is 9.59 Å². The highest BCUT2D eigenvalue weighted by molar-refractivity contribution is 5.93. The molecule has 0 saturated heterocycles. The van der Waals surface area contributed by atoms with E-state index >= 15 is 0 Å². The van der Waals surface area contributed by atoms with Gasteiger partial charge in [0.25, 0.3) is 0 Å². The minimum absolute atomic E-state index is 0.321. The maximum absolute atomic E-state index is 11.1. The third-order valence-corrected chi connectivity index (χ3v) is 2.40. The number of primary amides is 1. The van der Waals surface area contributed by atoms with Crippen LogP contribution >= 0.6 is 0 Å². The van der Waals surface area contributed by atoms with Gasteiger partial charge in [-0.2, -0.15) is 0 Å². The van der Waals surface area contributed by atoms with Crippen molar-refractivity contribution in [1.82, 2.24) is 0 Å². The number of carboxylic acid groups (broad SMARTS) is 1. The number of carboxylic acids is 1. The van der Waals surface area contributed by atoms with E-state index in [1.807, 2.05) is 13.8 Å². The van der Waals surface area contributed by atoms with Crippen molar-refractivity contribution in [3.8, 4) is 0 Å². The van der Waals surface area contributed by atoms with Gasteiger partial charge in [-0.3, -0.25) is 4.79 Å². The van der Waals surface area contributed by atoms with Crippen LogP contribution in [0.1, 0.15) is 46.0 Å². The summed E-state index contributed by atoms with van der Waals surface area (Å²) in [6.07, 6.45) is 6.68. The van der Waals surface area contributed by atoms with E-state index in [9.17, 15) is 9.59 Å². The number of aliphatic carboxylic acids is 1. The molecule has 0 heterocycles. The monoisotopic (exact) mass is 239 g/mol. The Kier molecular flexibility index (Phi) is 7.76. The molecule has 0 radical (unpaired) electrons. The Hall–Kier alpha value is -1.58. The zero-order chi connectivity index (χ0) is 13.3. The molecule has 1 amide bonds. The van der Waals surface area contributed by atoms with Gasteiger partial charge in [0.2, 0.25) is 5.91 Å². The van der Waals surface area contributed by atoms with Crippen LogP contribution in [0.15, 0.2) is 23.3 Å². The first-order valence-corrected chi connectivity index (χ1v) is 5.95. The summed E-state index contributed by atoms with van der Waals surface area (Å²) in [7, 11) is 0. The molecule has 0 aliphatic carbocycles. The Labute approximate surface area is 102 Å².